The number of hydrogen-bond acceptors (Lipinski definition) is 7. The van der Waals surface area contributed by atoms with Crippen molar-refractivity contribution in [2.75, 3.05) is 5.32 Å². The first-order chi connectivity index (χ1) is 16.8. The van der Waals surface area contributed by atoms with Crippen molar-refractivity contribution < 1.29 is 14.7 Å². The van der Waals surface area contributed by atoms with E-state index in [-0.39, 0.29) is 11.4 Å². The molecule has 4 rings (SSSR count). The van der Waals surface area contributed by atoms with E-state index in [0.717, 1.165) is 16.7 Å². The molecule has 1 heterocycles. The van der Waals surface area contributed by atoms with Gasteiger partial charge >= 0.3 is 5.97 Å². The number of nitrogens with one attached hydrogen (secondary N) is 1. The molecule has 7 heteroatoms. The molecule has 3 aromatic carbocycles. The van der Waals surface area contributed by atoms with Gasteiger partial charge in [0.15, 0.2) is 5.13 Å². The molecule has 0 bridgehead atoms. The molecule has 0 aliphatic rings. The smallest absolute Gasteiger partial charge is 0.363 e. The van der Waals surface area contributed by atoms with Crippen LogP contribution in [0.3, 0.4) is 0 Å². The summed E-state index contributed by atoms with van der Waals surface area (Å²) in [7, 11) is 0. The Kier molecular flexibility index (Phi) is 6.98. The molecule has 0 saturated carbocycles. The highest BCUT2D eigenvalue weighted by Crippen LogP contribution is 2.40. The summed E-state index contributed by atoms with van der Waals surface area (Å²) in [4.78, 5) is 17.2. The van der Waals surface area contributed by atoms with Crippen molar-refractivity contribution in [3.05, 3.63) is 119 Å². The van der Waals surface area contributed by atoms with E-state index in [2.05, 4.69) is 51.9 Å². The number of carbonyl (C=O) groups excluding carboxylic acids is 1. The molecule has 0 unspecified atom stereocenters. The van der Waals surface area contributed by atoms with Crippen LogP contribution in [0.4, 0.5) is 5.13 Å². The number of benzene rings is 3. The number of nitrogens with zero attached hydrogens (tertiary/aromatic N) is 2. The highest BCUT2D eigenvalue weighted by molar-refractivity contribution is 7.14. The van der Waals surface area contributed by atoms with Crippen LogP contribution in [0.25, 0.3) is 0 Å². The average Bonchev–Trinajstić information content (AvgIpc) is 3.31. The molecule has 6 nitrogen and oxygen atoms in total. The molecule has 0 spiro atoms. The minimum Gasteiger partial charge on any atom is -0.455 e. The van der Waals surface area contributed by atoms with Gasteiger partial charge in [0.2, 0.25) is 5.71 Å². The molecule has 0 fully saturated rings. The first-order valence-electron chi connectivity index (χ1n) is 11.2. The number of ether oxygens (including phenoxy) is 1. The number of esters is 1. The summed E-state index contributed by atoms with van der Waals surface area (Å²) >= 11 is 1.32. The lowest BCUT2D eigenvalue weighted by Crippen LogP contribution is -2.38. The Morgan fingerprint density at radius 3 is 1.71 bits per heavy atom. The van der Waals surface area contributed by atoms with Gasteiger partial charge in [-0.05, 0) is 37.5 Å². The van der Waals surface area contributed by atoms with Gasteiger partial charge in [-0.2, -0.15) is 0 Å². The molecule has 0 radical (unpaired) electrons. The van der Waals surface area contributed by atoms with Crippen LogP contribution in [-0.2, 0) is 15.1 Å². The number of hydrogen-bond donors (Lipinski definition) is 2. The van der Waals surface area contributed by atoms with E-state index < -0.39 is 17.1 Å². The summed E-state index contributed by atoms with van der Waals surface area (Å²) in [6, 6.07) is 30.4. The van der Waals surface area contributed by atoms with E-state index in [1.54, 1.807) is 26.2 Å². The van der Waals surface area contributed by atoms with E-state index in [0.29, 0.717) is 5.13 Å². The maximum atomic E-state index is 12.6. The predicted molar refractivity (Wildman–Crippen MR) is 139 cm³/mol. The fourth-order valence-electron chi connectivity index (χ4n) is 3.90. The summed E-state index contributed by atoms with van der Waals surface area (Å²) in [6.45, 7) is 5.26. The van der Waals surface area contributed by atoms with E-state index in [1.165, 1.54) is 11.3 Å². The van der Waals surface area contributed by atoms with Crippen LogP contribution in [0.15, 0.2) is 102 Å². The number of oxime groups is 1. The van der Waals surface area contributed by atoms with Crippen molar-refractivity contribution in [3.8, 4) is 0 Å². The highest BCUT2D eigenvalue weighted by atomic mass is 32.1. The van der Waals surface area contributed by atoms with E-state index >= 15 is 0 Å². The second-order valence-corrected chi connectivity index (χ2v) is 9.82. The Labute approximate surface area is 208 Å². The van der Waals surface area contributed by atoms with Gasteiger partial charge in [0.1, 0.15) is 16.8 Å². The van der Waals surface area contributed by atoms with Gasteiger partial charge in [-0.25, -0.2) is 9.78 Å². The minimum absolute atomic E-state index is 0.234. The first kappa shape index (κ1) is 24.2. The van der Waals surface area contributed by atoms with Gasteiger partial charge in [-0.1, -0.05) is 96.2 Å². The zero-order valence-corrected chi connectivity index (χ0v) is 20.6. The molecule has 0 aliphatic carbocycles. The Balaban J connectivity index is 1.82. The Morgan fingerprint density at radius 2 is 1.31 bits per heavy atom. The normalized spacial score (nSPS) is 12.3. The molecule has 1 aromatic heterocycles. The number of anilines is 1. The zero-order chi connectivity index (χ0) is 24.9. The lowest BCUT2D eigenvalue weighted by Gasteiger charge is -2.36. The second kappa shape index (κ2) is 10.1. The summed E-state index contributed by atoms with van der Waals surface area (Å²) < 4.78 is 5.38. The van der Waals surface area contributed by atoms with Crippen molar-refractivity contribution in [1.82, 2.24) is 4.98 Å². The third kappa shape index (κ3) is 5.25. The molecule has 178 valence electrons. The lowest BCUT2D eigenvalue weighted by molar-refractivity contribution is -0.146. The standard InChI is InChI=1S/C28H27N3O3S/c1-27(2,3)34-25(32)24(31-33)23-19-35-26(29-23)30-28(20-13-7-4-8-14-20,21-15-9-5-10-16-21)22-17-11-6-12-18-22/h4-19,33H,1-3H3,(H,29,30)/b31-24+. The molecule has 0 atom stereocenters. The van der Waals surface area contributed by atoms with Crippen LogP contribution in [0, 0.1) is 0 Å². The molecular weight excluding hydrogens is 458 g/mol. The van der Waals surface area contributed by atoms with Gasteiger partial charge in [0.25, 0.3) is 0 Å². The molecule has 0 aliphatic heterocycles. The monoisotopic (exact) mass is 485 g/mol. The SMILES string of the molecule is CC(C)(C)OC(=O)/C(=N/O)c1csc(NC(c2ccccc2)(c2ccccc2)c2ccccc2)n1. The average molecular weight is 486 g/mol. The number of rotatable bonds is 7. The van der Waals surface area contributed by atoms with Crippen LogP contribution in [0.2, 0.25) is 0 Å². The third-order valence-corrected chi connectivity index (χ3v) is 6.11. The summed E-state index contributed by atoms with van der Waals surface area (Å²) in [5.41, 5.74) is 1.58. The zero-order valence-electron chi connectivity index (χ0n) is 19.8. The van der Waals surface area contributed by atoms with Crippen molar-refractivity contribution >= 4 is 28.1 Å². The summed E-state index contributed by atoms with van der Waals surface area (Å²) in [6.07, 6.45) is 0. The quantitative estimate of drug-likeness (QED) is 0.109. The van der Waals surface area contributed by atoms with Crippen LogP contribution >= 0.6 is 11.3 Å². The third-order valence-electron chi connectivity index (χ3n) is 5.35. The van der Waals surface area contributed by atoms with Crippen molar-refractivity contribution in [2.24, 2.45) is 5.16 Å². The van der Waals surface area contributed by atoms with Gasteiger partial charge in [-0.3, -0.25) is 0 Å². The highest BCUT2D eigenvalue weighted by Gasteiger charge is 2.37. The maximum absolute atomic E-state index is 12.6. The maximum Gasteiger partial charge on any atom is 0.363 e. The molecule has 4 aromatic rings. The van der Waals surface area contributed by atoms with Crippen LogP contribution < -0.4 is 5.32 Å². The largest absolute Gasteiger partial charge is 0.455 e. The fraction of sp³-hybridized carbons (Fsp3) is 0.179. The van der Waals surface area contributed by atoms with Crippen LogP contribution in [0.1, 0.15) is 43.2 Å². The number of aromatic nitrogens is 1. The molecule has 0 saturated heterocycles. The van der Waals surface area contributed by atoms with Gasteiger partial charge < -0.3 is 15.3 Å². The summed E-state index contributed by atoms with van der Waals surface area (Å²) in [5.74, 6) is -0.739. The van der Waals surface area contributed by atoms with Crippen molar-refractivity contribution in [2.45, 2.75) is 31.9 Å². The van der Waals surface area contributed by atoms with Crippen LogP contribution in [-0.4, -0.2) is 27.5 Å². The van der Waals surface area contributed by atoms with Gasteiger partial charge in [-0.15, -0.1) is 11.3 Å². The number of carbonyl (C=O) groups is 1. The van der Waals surface area contributed by atoms with Gasteiger partial charge in [0, 0.05) is 5.38 Å². The molecule has 0 amide bonds. The predicted octanol–water partition coefficient (Wildman–Crippen LogP) is 6.07. The topological polar surface area (TPSA) is 83.8 Å². The minimum atomic E-state index is -0.763. The Morgan fingerprint density at radius 1 is 0.857 bits per heavy atom. The van der Waals surface area contributed by atoms with Gasteiger partial charge in [0.05, 0.1) is 0 Å². The molecule has 35 heavy (non-hydrogen) atoms. The van der Waals surface area contributed by atoms with Crippen LogP contribution in [0.5, 0.6) is 0 Å². The van der Waals surface area contributed by atoms with E-state index in [1.807, 2.05) is 54.6 Å². The first-order valence-corrected chi connectivity index (χ1v) is 12.1. The lowest BCUT2D eigenvalue weighted by atomic mass is 9.77. The number of thiazole rings is 1. The van der Waals surface area contributed by atoms with E-state index in [4.69, 9.17) is 4.74 Å². The second-order valence-electron chi connectivity index (χ2n) is 8.96. The molecule has 2 N–H and O–H groups in total. The van der Waals surface area contributed by atoms with E-state index in [9.17, 15) is 10.0 Å². The van der Waals surface area contributed by atoms with Crippen molar-refractivity contribution in [1.29, 1.82) is 0 Å². The summed E-state index contributed by atoms with van der Waals surface area (Å²) in [5, 5.41) is 18.6. The Hall–Kier alpha value is -3.97. The fourth-order valence-corrected chi connectivity index (χ4v) is 4.65. The Bertz CT molecular complexity index is 1200. The van der Waals surface area contributed by atoms with Crippen molar-refractivity contribution in [3.63, 3.8) is 0 Å². The molecular formula is C28H27N3O3S.